The first-order valence-corrected chi connectivity index (χ1v) is 5.87. The molecule has 0 aliphatic heterocycles. The van der Waals surface area contributed by atoms with E-state index in [0.717, 1.165) is 0 Å². The van der Waals surface area contributed by atoms with Gasteiger partial charge in [0.2, 0.25) is 0 Å². The second-order valence-electron chi connectivity index (χ2n) is 3.29. The van der Waals surface area contributed by atoms with Crippen LogP contribution in [-0.4, -0.2) is 32.8 Å². The van der Waals surface area contributed by atoms with Gasteiger partial charge >= 0.3 is 0 Å². The van der Waals surface area contributed by atoms with Crippen molar-refractivity contribution in [3.63, 3.8) is 0 Å². The maximum atomic E-state index is 11.3. The number of carbonyl (C=O) groups is 1. The molecule has 0 aromatic heterocycles. The van der Waals surface area contributed by atoms with Gasteiger partial charge in [-0.1, -0.05) is 6.07 Å². The fourth-order valence-corrected chi connectivity index (χ4v) is 1.50. The van der Waals surface area contributed by atoms with Gasteiger partial charge in [-0.3, -0.25) is 4.79 Å². The van der Waals surface area contributed by atoms with Gasteiger partial charge in [0.1, 0.15) is 5.75 Å². The minimum atomic E-state index is -0.198. The zero-order valence-electron chi connectivity index (χ0n) is 9.53. The summed E-state index contributed by atoms with van der Waals surface area (Å²) < 4.78 is 10.8. The quantitative estimate of drug-likeness (QED) is 0.611. The number of benzene rings is 1. The Bertz CT molecular complexity index is 385. The van der Waals surface area contributed by atoms with Gasteiger partial charge in [0.25, 0.3) is 5.91 Å². The lowest BCUT2D eigenvalue weighted by atomic mass is 10.3. The molecular formula is C11H15BrN2O3. The summed E-state index contributed by atoms with van der Waals surface area (Å²) in [4.78, 5) is 11.3. The second kappa shape index (κ2) is 7.13. The lowest BCUT2D eigenvalue weighted by molar-refractivity contribution is -0.123. The number of rotatable bonds is 6. The van der Waals surface area contributed by atoms with Crippen molar-refractivity contribution in [1.82, 2.24) is 5.32 Å². The summed E-state index contributed by atoms with van der Waals surface area (Å²) in [7, 11) is 1.58. The fourth-order valence-electron chi connectivity index (χ4n) is 1.13. The van der Waals surface area contributed by atoms with Crippen molar-refractivity contribution in [3.05, 3.63) is 22.7 Å². The van der Waals surface area contributed by atoms with Crippen molar-refractivity contribution in [3.8, 4) is 5.75 Å². The molecule has 1 aromatic carbocycles. The van der Waals surface area contributed by atoms with Crippen LogP contribution in [0, 0.1) is 0 Å². The summed E-state index contributed by atoms with van der Waals surface area (Å²) in [5.74, 6) is 0.350. The van der Waals surface area contributed by atoms with Crippen molar-refractivity contribution >= 4 is 27.5 Å². The van der Waals surface area contributed by atoms with Gasteiger partial charge in [0.05, 0.1) is 11.1 Å². The van der Waals surface area contributed by atoms with Gasteiger partial charge in [0.15, 0.2) is 6.61 Å². The molecule has 17 heavy (non-hydrogen) atoms. The van der Waals surface area contributed by atoms with Crippen molar-refractivity contribution in [2.24, 2.45) is 0 Å². The lowest BCUT2D eigenvalue weighted by Gasteiger charge is -2.09. The molecule has 1 rings (SSSR count). The van der Waals surface area contributed by atoms with E-state index < -0.39 is 0 Å². The van der Waals surface area contributed by atoms with Crippen LogP contribution in [0.5, 0.6) is 5.75 Å². The van der Waals surface area contributed by atoms with Crippen molar-refractivity contribution in [2.75, 3.05) is 32.6 Å². The van der Waals surface area contributed by atoms with Crippen LogP contribution in [0.3, 0.4) is 0 Å². The van der Waals surface area contributed by atoms with E-state index in [4.69, 9.17) is 15.2 Å². The number of halogens is 1. The van der Waals surface area contributed by atoms with Crippen LogP contribution in [-0.2, 0) is 9.53 Å². The van der Waals surface area contributed by atoms with Gasteiger partial charge in [-0.15, -0.1) is 0 Å². The third kappa shape index (κ3) is 4.62. The number of methoxy groups -OCH3 is 1. The Labute approximate surface area is 108 Å². The predicted octanol–water partition coefficient (Wildman–Crippen LogP) is 1.17. The van der Waals surface area contributed by atoms with E-state index in [1.165, 1.54) is 0 Å². The third-order valence-electron chi connectivity index (χ3n) is 1.98. The van der Waals surface area contributed by atoms with Crippen LogP contribution >= 0.6 is 15.9 Å². The predicted molar refractivity (Wildman–Crippen MR) is 68.9 cm³/mol. The maximum Gasteiger partial charge on any atom is 0.258 e. The van der Waals surface area contributed by atoms with Gasteiger partial charge in [-0.2, -0.15) is 0 Å². The summed E-state index contributed by atoms with van der Waals surface area (Å²) >= 11 is 3.29. The molecule has 5 nitrogen and oxygen atoms in total. The standard InChI is InChI=1S/C11H15BrN2O3/c1-16-6-5-14-10(15)7-17-9-4-2-3-8(13)11(9)12/h2-4H,5-7,13H2,1H3,(H,14,15). The first-order valence-electron chi connectivity index (χ1n) is 5.07. The normalized spacial score (nSPS) is 10.0. The number of amides is 1. The summed E-state index contributed by atoms with van der Waals surface area (Å²) in [6, 6.07) is 5.25. The molecule has 0 aliphatic carbocycles. The Hall–Kier alpha value is -1.27. The summed E-state index contributed by atoms with van der Waals surface area (Å²) in [5.41, 5.74) is 6.25. The van der Waals surface area contributed by atoms with Crippen LogP contribution in [0.1, 0.15) is 0 Å². The number of nitrogen functional groups attached to an aromatic ring is 1. The molecule has 6 heteroatoms. The number of carbonyl (C=O) groups excluding carboxylic acids is 1. The van der Waals surface area contributed by atoms with E-state index in [1.54, 1.807) is 25.3 Å². The molecule has 94 valence electrons. The van der Waals surface area contributed by atoms with Crippen LogP contribution < -0.4 is 15.8 Å². The smallest absolute Gasteiger partial charge is 0.258 e. The molecule has 0 spiro atoms. The Morgan fingerprint density at radius 2 is 2.29 bits per heavy atom. The van der Waals surface area contributed by atoms with E-state index >= 15 is 0 Å². The van der Waals surface area contributed by atoms with Gasteiger partial charge in [-0.05, 0) is 28.1 Å². The molecule has 0 radical (unpaired) electrons. The molecule has 0 heterocycles. The minimum Gasteiger partial charge on any atom is -0.483 e. The van der Waals surface area contributed by atoms with Crippen LogP contribution in [0.15, 0.2) is 22.7 Å². The monoisotopic (exact) mass is 302 g/mol. The molecule has 0 fully saturated rings. The number of ether oxygens (including phenoxy) is 2. The van der Waals surface area contributed by atoms with Crippen LogP contribution in [0.25, 0.3) is 0 Å². The highest BCUT2D eigenvalue weighted by Crippen LogP contribution is 2.29. The molecular weight excluding hydrogens is 288 g/mol. The average Bonchev–Trinajstić information content (AvgIpc) is 2.31. The zero-order chi connectivity index (χ0) is 12.7. The van der Waals surface area contributed by atoms with E-state index in [1.807, 2.05) is 0 Å². The minimum absolute atomic E-state index is 0.0498. The second-order valence-corrected chi connectivity index (χ2v) is 4.08. The SMILES string of the molecule is COCCNC(=O)COc1cccc(N)c1Br. The van der Waals surface area contributed by atoms with Crippen LogP contribution in [0.2, 0.25) is 0 Å². The van der Waals surface area contributed by atoms with E-state index in [2.05, 4.69) is 21.2 Å². The zero-order valence-corrected chi connectivity index (χ0v) is 11.1. The first-order chi connectivity index (χ1) is 8.15. The van der Waals surface area contributed by atoms with Gasteiger partial charge in [0, 0.05) is 19.3 Å². The Balaban J connectivity index is 2.39. The topological polar surface area (TPSA) is 73.6 Å². The maximum absolute atomic E-state index is 11.3. The Morgan fingerprint density at radius 3 is 3.00 bits per heavy atom. The Kier molecular flexibility index (Phi) is 5.79. The summed E-state index contributed by atoms with van der Waals surface area (Å²) in [6.45, 7) is 0.899. The number of anilines is 1. The molecule has 3 N–H and O–H groups in total. The molecule has 1 aromatic rings. The molecule has 0 bridgehead atoms. The molecule has 0 saturated carbocycles. The molecule has 0 atom stereocenters. The van der Waals surface area contributed by atoms with Gasteiger partial charge in [-0.25, -0.2) is 0 Å². The highest BCUT2D eigenvalue weighted by molar-refractivity contribution is 9.10. The van der Waals surface area contributed by atoms with E-state index in [-0.39, 0.29) is 12.5 Å². The van der Waals surface area contributed by atoms with Crippen molar-refractivity contribution < 1.29 is 14.3 Å². The first kappa shape index (κ1) is 13.8. The summed E-state index contributed by atoms with van der Waals surface area (Å²) in [6.07, 6.45) is 0. The largest absolute Gasteiger partial charge is 0.483 e. The molecule has 0 aliphatic rings. The summed E-state index contributed by atoms with van der Waals surface area (Å²) in [5, 5.41) is 2.65. The van der Waals surface area contributed by atoms with Crippen LogP contribution in [0.4, 0.5) is 5.69 Å². The van der Waals surface area contributed by atoms with Crippen molar-refractivity contribution in [1.29, 1.82) is 0 Å². The average molecular weight is 303 g/mol. The van der Waals surface area contributed by atoms with Gasteiger partial charge < -0.3 is 20.5 Å². The van der Waals surface area contributed by atoms with E-state index in [0.29, 0.717) is 29.1 Å². The molecule has 0 unspecified atom stereocenters. The number of nitrogens with two attached hydrogens (primary N) is 1. The Morgan fingerprint density at radius 1 is 1.53 bits per heavy atom. The highest BCUT2D eigenvalue weighted by atomic mass is 79.9. The highest BCUT2D eigenvalue weighted by Gasteiger charge is 2.06. The lowest BCUT2D eigenvalue weighted by Crippen LogP contribution is -2.31. The molecule has 1 amide bonds. The molecule has 0 saturated heterocycles. The van der Waals surface area contributed by atoms with E-state index in [9.17, 15) is 4.79 Å². The fraction of sp³-hybridized carbons (Fsp3) is 0.364. The number of hydrogen-bond donors (Lipinski definition) is 2. The van der Waals surface area contributed by atoms with Crippen molar-refractivity contribution in [2.45, 2.75) is 0 Å². The number of nitrogens with one attached hydrogen (secondary N) is 1. The number of hydrogen-bond acceptors (Lipinski definition) is 4. The third-order valence-corrected chi connectivity index (χ3v) is 2.83.